The topological polar surface area (TPSA) is 57.2 Å². The van der Waals surface area contributed by atoms with Crippen molar-refractivity contribution in [2.75, 3.05) is 59.5 Å². The molecule has 1 atom stereocenters. The van der Waals surface area contributed by atoms with Crippen molar-refractivity contribution in [3.05, 3.63) is 23.8 Å². The predicted octanol–water partition coefficient (Wildman–Crippen LogP) is 2.74. The molecule has 6 heteroatoms. The number of ether oxygens (including phenoxy) is 2. The number of nitrogens with one attached hydrogen (secondary N) is 1. The van der Waals surface area contributed by atoms with Crippen molar-refractivity contribution in [3.8, 4) is 11.5 Å². The van der Waals surface area contributed by atoms with Crippen LogP contribution >= 0.6 is 0 Å². The Morgan fingerprint density at radius 2 is 1.80 bits per heavy atom. The Balaban J connectivity index is 1.40. The van der Waals surface area contributed by atoms with Crippen LogP contribution in [0.1, 0.15) is 44.6 Å². The Labute approximate surface area is 182 Å². The van der Waals surface area contributed by atoms with E-state index in [9.17, 15) is 5.11 Å². The van der Waals surface area contributed by atoms with E-state index < -0.39 is 6.10 Å². The van der Waals surface area contributed by atoms with E-state index in [2.05, 4.69) is 28.1 Å². The summed E-state index contributed by atoms with van der Waals surface area (Å²) in [7, 11) is 1.67. The van der Waals surface area contributed by atoms with Gasteiger partial charge in [0, 0.05) is 39.3 Å². The van der Waals surface area contributed by atoms with Crippen molar-refractivity contribution in [1.29, 1.82) is 0 Å². The summed E-state index contributed by atoms with van der Waals surface area (Å²) in [4.78, 5) is 4.76. The molecule has 0 amide bonds. The van der Waals surface area contributed by atoms with Crippen LogP contribution in [0.2, 0.25) is 0 Å². The van der Waals surface area contributed by atoms with Gasteiger partial charge < -0.3 is 24.8 Å². The normalized spacial score (nSPS) is 20.2. The molecule has 0 bridgehead atoms. The molecule has 1 saturated carbocycles. The van der Waals surface area contributed by atoms with E-state index in [-0.39, 0.29) is 6.61 Å². The molecule has 0 radical (unpaired) electrons. The van der Waals surface area contributed by atoms with Crippen LogP contribution < -0.4 is 14.8 Å². The van der Waals surface area contributed by atoms with Gasteiger partial charge in [0.25, 0.3) is 0 Å². The van der Waals surface area contributed by atoms with Gasteiger partial charge in [-0.25, -0.2) is 0 Å². The van der Waals surface area contributed by atoms with Crippen LogP contribution in [0, 0.1) is 5.92 Å². The second-order valence-corrected chi connectivity index (χ2v) is 8.82. The predicted molar refractivity (Wildman–Crippen MR) is 121 cm³/mol. The molecule has 2 fully saturated rings. The van der Waals surface area contributed by atoms with E-state index in [1.165, 1.54) is 37.7 Å². The molecule has 0 spiro atoms. The first kappa shape index (κ1) is 23.3. The maximum atomic E-state index is 10.4. The lowest BCUT2D eigenvalue weighted by atomic mass is 9.89. The van der Waals surface area contributed by atoms with Gasteiger partial charge in [-0.1, -0.05) is 32.3 Å². The zero-order valence-corrected chi connectivity index (χ0v) is 18.9. The fraction of sp³-hybridized carbons (Fsp3) is 0.750. The molecule has 1 heterocycles. The molecule has 1 saturated heterocycles. The second kappa shape index (κ2) is 12.5. The van der Waals surface area contributed by atoms with Crippen molar-refractivity contribution in [2.45, 2.75) is 51.7 Å². The van der Waals surface area contributed by atoms with Crippen LogP contribution in [-0.2, 0) is 6.54 Å². The third kappa shape index (κ3) is 7.41. The number of hydrogen-bond acceptors (Lipinski definition) is 6. The molecule has 1 aromatic carbocycles. The minimum Gasteiger partial charge on any atom is -0.493 e. The molecule has 0 unspecified atom stereocenters. The SMILES string of the molecule is CCN1CCN(C[C@H](O)COc2ccc(CNCC3CCCCC3)cc2OC)CC1. The fourth-order valence-electron chi connectivity index (χ4n) is 4.58. The van der Waals surface area contributed by atoms with E-state index in [4.69, 9.17) is 9.47 Å². The molecule has 3 rings (SSSR count). The van der Waals surface area contributed by atoms with Gasteiger partial charge in [-0.05, 0) is 49.5 Å². The molecule has 2 aliphatic rings. The Hall–Kier alpha value is -1.34. The Bertz CT molecular complexity index is 614. The highest BCUT2D eigenvalue weighted by molar-refractivity contribution is 5.43. The number of nitrogens with zero attached hydrogens (tertiary/aromatic N) is 2. The van der Waals surface area contributed by atoms with Crippen LogP contribution in [0.15, 0.2) is 18.2 Å². The number of β-amino-alcohol motifs (C(OH)–C–C–N with tert-alkyl or cyclic N) is 1. The van der Waals surface area contributed by atoms with Gasteiger partial charge in [-0.3, -0.25) is 4.90 Å². The van der Waals surface area contributed by atoms with E-state index >= 15 is 0 Å². The van der Waals surface area contributed by atoms with E-state index in [1.54, 1.807) is 7.11 Å². The van der Waals surface area contributed by atoms with Gasteiger partial charge in [-0.15, -0.1) is 0 Å². The molecule has 2 N–H and O–H groups in total. The molecule has 1 aliphatic carbocycles. The summed E-state index contributed by atoms with van der Waals surface area (Å²) in [6.45, 7) is 10.4. The van der Waals surface area contributed by atoms with Crippen LogP contribution in [0.25, 0.3) is 0 Å². The zero-order valence-electron chi connectivity index (χ0n) is 18.9. The molecular formula is C24H41N3O3. The number of aliphatic hydroxyl groups excluding tert-OH is 1. The zero-order chi connectivity index (χ0) is 21.2. The number of aliphatic hydroxyl groups is 1. The van der Waals surface area contributed by atoms with Gasteiger partial charge >= 0.3 is 0 Å². The summed E-state index contributed by atoms with van der Waals surface area (Å²) in [5, 5.41) is 14.0. The summed E-state index contributed by atoms with van der Waals surface area (Å²) in [6.07, 6.45) is 6.39. The molecule has 170 valence electrons. The first-order valence-corrected chi connectivity index (χ1v) is 11.8. The number of hydrogen-bond donors (Lipinski definition) is 2. The van der Waals surface area contributed by atoms with E-state index in [1.807, 2.05) is 12.1 Å². The maximum absolute atomic E-state index is 10.4. The first-order chi connectivity index (χ1) is 14.7. The number of methoxy groups -OCH3 is 1. The number of rotatable bonds is 11. The number of benzene rings is 1. The molecular weight excluding hydrogens is 378 g/mol. The lowest BCUT2D eigenvalue weighted by molar-refractivity contribution is 0.0464. The highest BCUT2D eigenvalue weighted by atomic mass is 16.5. The van der Waals surface area contributed by atoms with Crippen molar-refractivity contribution in [3.63, 3.8) is 0 Å². The quantitative estimate of drug-likeness (QED) is 0.575. The Morgan fingerprint density at radius 1 is 1.07 bits per heavy atom. The molecule has 1 aromatic rings. The summed E-state index contributed by atoms with van der Waals surface area (Å²) in [6, 6.07) is 6.09. The lowest BCUT2D eigenvalue weighted by Gasteiger charge is -2.34. The van der Waals surface area contributed by atoms with Crippen molar-refractivity contribution in [1.82, 2.24) is 15.1 Å². The fourth-order valence-corrected chi connectivity index (χ4v) is 4.58. The number of likely N-dealkylation sites (N-methyl/N-ethyl adjacent to an activating group) is 1. The van der Waals surface area contributed by atoms with Crippen molar-refractivity contribution in [2.24, 2.45) is 5.92 Å². The van der Waals surface area contributed by atoms with Crippen LogP contribution in [0.5, 0.6) is 11.5 Å². The molecule has 30 heavy (non-hydrogen) atoms. The monoisotopic (exact) mass is 419 g/mol. The summed E-state index contributed by atoms with van der Waals surface area (Å²) in [5.74, 6) is 2.26. The molecule has 1 aliphatic heterocycles. The van der Waals surface area contributed by atoms with Gasteiger partial charge in [0.15, 0.2) is 11.5 Å². The van der Waals surface area contributed by atoms with E-state index in [0.717, 1.165) is 57.5 Å². The van der Waals surface area contributed by atoms with Crippen LogP contribution in [0.4, 0.5) is 0 Å². The van der Waals surface area contributed by atoms with E-state index in [0.29, 0.717) is 12.3 Å². The minimum atomic E-state index is -0.500. The summed E-state index contributed by atoms with van der Waals surface area (Å²) in [5.41, 5.74) is 1.20. The average molecular weight is 420 g/mol. The van der Waals surface area contributed by atoms with Gasteiger partial charge in [0.05, 0.1) is 7.11 Å². The molecule has 6 nitrogen and oxygen atoms in total. The third-order valence-electron chi connectivity index (χ3n) is 6.53. The smallest absolute Gasteiger partial charge is 0.161 e. The lowest BCUT2D eigenvalue weighted by Crippen LogP contribution is -2.49. The van der Waals surface area contributed by atoms with Crippen molar-refractivity contribution >= 4 is 0 Å². The maximum Gasteiger partial charge on any atom is 0.161 e. The third-order valence-corrected chi connectivity index (χ3v) is 6.53. The highest BCUT2D eigenvalue weighted by Crippen LogP contribution is 2.28. The van der Waals surface area contributed by atoms with Gasteiger partial charge in [0.2, 0.25) is 0 Å². The Morgan fingerprint density at radius 3 is 2.50 bits per heavy atom. The van der Waals surface area contributed by atoms with Gasteiger partial charge in [-0.2, -0.15) is 0 Å². The van der Waals surface area contributed by atoms with Crippen LogP contribution in [-0.4, -0.2) is 80.5 Å². The summed E-state index contributed by atoms with van der Waals surface area (Å²) >= 11 is 0. The van der Waals surface area contributed by atoms with Crippen molar-refractivity contribution < 1.29 is 14.6 Å². The number of piperazine rings is 1. The highest BCUT2D eigenvalue weighted by Gasteiger charge is 2.19. The summed E-state index contributed by atoms with van der Waals surface area (Å²) < 4.78 is 11.4. The van der Waals surface area contributed by atoms with Gasteiger partial charge in [0.1, 0.15) is 12.7 Å². The largest absolute Gasteiger partial charge is 0.493 e. The standard InChI is InChI=1S/C24H41N3O3/c1-3-26-11-13-27(14-12-26)18-22(28)19-30-23-10-9-21(15-24(23)29-2)17-25-16-20-7-5-4-6-8-20/h9-10,15,20,22,25,28H,3-8,11-14,16-19H2,1-2H3/t22-/m0/s1. The molecule has 0 aromatic heterocycles. The minimum absolute atomic E-state index is 0.281. The van der Waals surface area contributed by atoms with Crippen LogP contribution in [0.3, 0.4) is 0 Å². The first-order valence-electron chi connectivity index (χ1n) is 11.8. The Kier molecular flexibility index (Phi) is 9.72. The second-order valence-electron chi connectivity index (χ2n) is 8.82. The average Bonchev–Trinajstić information content (AvgIpc) is 2.79.